The molecule has 1 aromatic rings. The Labute approximate surface area is 127 Å². The van der Waals surface area contributed by atoms with Gasteiger partial charge in [0, 0.05) is 30.4 Å². The molecule has 2 amide bonds. The van der Waals surface area contributed by atoms with Gasteiger partial charge in [-0.2, -0.15) is 0 Å². The third kappa shape index (κ3) is 3.72. The molecule has 0 unspecified atom stereocenters. The van der Waals surface area contributed by atoms with Gasteiger partial charge in [-0.15, -0.1) is 11.3 Å². The highest BCUT2D eigenvalue weighted by Crippen LogP contribution is 2.31. The van der Waals surface area contributed by atoms with E-state index < -0.39 is 0 Å². The fourth-order valence-electron chi connectivity index (χ4n) is 2.68. The molecule has 114 valence electrons. The lowest BCUT2D eigenvalue weighted by molar-refractivity contribution is -0.133. The number of rotatable bonds is 4. The van der Waals surface area contributed by atoms with Crippen LogP contribution in [0.5, 0.6) is 0 Å². The Balaban J connectivity index is 1.42. The molecule has 1 aliphatic heterocycles. The number of carbonyl (C=O) groups excluding carboxylic acids is 2. The van der Waals surface area contributed by atoms with E-state index in [4.69, 9.17) is 5.73 Å². The second-order valence-corrected chi connectivity index (χ2v) is 6.68. The van der Waals surface area contributed by atoms with Gasteiger partial charge >= 0.3 is 0 Å². The number of hydrogen-bond donors (Lipinski definition) is 2. The third-order valence-corrected chi connectivity index (χ3v) is 4.73. The number of nitrogens with zero attached hydrogens (tertiary/aromatic N) is 2. The van der Waals surface area contributed by atoms with Gasteiger partial charge in [0.25, 0.3) is 0 Å². The molecule has 0 bridgehead atoms. The number of likely N-dealkylation sites (tertiary alicyclic amines) is 1. The van der Waals surface area contributed by atoms with Crippen molar-refractivity contribution in [1.82, 2.24) is 15.2 Å². The Kier molecular flexibility index (Phi) is 4.10. The number of anilines is 1. The fraction of sp³-hybridized carbons (Fsp3) is 0.643. The first-order valence-corrected chi connectivity index (χ1v) is 8.28. The summed E-state index contributed by atoms with van der Waals surface area (Å²) in [7, 11) is 0. The number of aromatic nitrogens is 1. The molecule has 2 heterocycles. The second kappa shape index (κ2) is 6.01. The molecule has 1 aromatic heterocycles. The third-order valence-electron chi connectivity index (χ3n) is 4.01. The van der Waals surface area contributed by atoms with Crippen molar-refractivity contribution in [3.05, 3.63) is 11.1 Å². The van der Waals surface area contributed by atoms with Crippen LogP contribution in [0.1, 0.15) is 31.4 Å². The van der Waals surface area contributed by atoms with Crippen LogP contribution in [-0.4, -0.2) is 40.8 Å². The van der Waals surface area contributed by atoms with E-state index in [-0.39, 0.29) is 24.3 Å². The van der Waals surface area contributed by atoms with Crippen LogP contribution in [0.2, 0.25) is 0 Å². The van der Waals surface area contributed by atoms with Gasteiger partial charge in [0.15, 0.2) is 5.13 Å². The van der Waals surface area contributed by atoms with Crippen LogP contribution in [0.15, 0.2) is 5.38 Å². The highest BCUT2D eigenvalue weighted by molar-refractivity contribution is 7.13. The molecular formula is C14H20N4O2S. The van der Waals surface area contributed by atoms with E-state index in [9.17, 15) is 9.59 Å². The van der Waals surface area contributed by atoms with Crippen molar-refractivity contribution in [3.63, 3.8) is 0 Å². The largest absolute Gasteiger partial charge is 0.375 e. The molecule has 0 aromatic carbocycles. The highest BCUT2D eigenvalue weighted by atomic mass is 32.1. The fourth-order valence-corrected chi connectivity index (χ4v) is 3.24. The number of piperidine rings is 1. The predicted octanol–water partition coefficient (Wildman–Crippen LogP) is 0.785. The summed E-state index contributed by atoms with van der Waals surface area (Å²) < 4.78 is 0. The lowest BCUT2D eigenvalue weighted by Gasteiger charge is -2.32. The van der Waals surface area contributed by atoms with Crippen molar-refractivity contribution in [1.29, 1.82) is 0 Å². The molecule has 1 aliphatic carbocycles. The summed E-state index contributed by atoms with van der Waals surface area (Å²) in [5, 5.41) is 5.33. The van der Waals surface area contributed by atoms with Gasteiger partial charge in [-0.1, -0.05) is 0 Å². The first-order chi connectivity index (χ1) is 10.1. The number of amides is 2. The van der Waals surface area contributed by atoms with Gasteiger partial charge in [-0.3, -0.25) is 9.59 Å². The lowest BCUT2D eigenvalue weighted by atomic mass is 10.0. The summed E-state index contributed by atoms with van der Waals surface area (Å²) in [4.78, 5) is 29.9. The van der Waals surface area contributed by atoms with Crippen molar-refractivity contribution in [3.8, 4) is 0 Å². The number of nitrogens with one attached hydrogen (secondary N) is 1. The van der Waals surface area contributed by atoms with E-state index in [1.807, 2.05) is 10.3 Å². The molecule has 0 spiro atoms. The lowest BCUT2D eigenvalue weighted by Crippen LogP contribution is -2.47. The molecule has 6 nitrogen and oxygen atoms in total. The average Bonchev–Trinajstić information content (AvgIpc) is 3.23. The maximum atomic E-state index is 12.0. The Bertz CT molecular complexity index is 533. The van der Waals surface area contributed by atoms with Gasteiger partial charge in [0.1, 0.15) is 0 Å². The molecule has 7 heteroatoms. The molecule has 1 saturated carbocycles. The molecule has 0 radical (unpaired) electrons. The summed E-state index contributed by atoms with van der Waals surface area (Å²) in [5.41, 5.74) is 6.27. The first kappa shape index (κ1) is 14.3. The minimum Gasteiger partial charge on any atom is -0.375 e. The summed E-state index contributed by atoms with van der Waals surface area (Å²) in [6.07, 6.45) is 4.04. The standard InChI is InChI=1S/C14H20N4O2S/c15-14-17-11(8-21-14)7-12(19)16-10-3-5-18(6-4-10)13(20)9-1-2-9/h8-10H,1-7H2,(H2,15,17)(H,16,19). The Morgan fingerprint density at radius 1 is 1.33 bits per heavy atom. The zero-order valence-corrected chi connectivity index (χ0v) is 12.7. The number of carbonyl (C=O) groups is 2. The molecule has 1 saturated heterocycles. The van der Waals surface area contributed by atoms with Crippen molar-refractivity contribution in [2.75, 3.05) is 18.8 Å². The normalized spacial score (nSPS) is 19.5. The number of hydrogen-bond acceptors (Lipinski definition) is 5. The van der Waals surface area contributed by atoms with Crippen LogP contribution in [-0.2, 0) is 16.0 Å². The summed E-state index contributed by atoms with van der Waals surface area (Å²) in [5.74, 6) is 0.566. The van der Waals surface area contributed by atoms with Crippen molar-refractivity contribution in [2.45, 2.75) is 38.1 Å². The number of thiazole rings is 1. The van der Waals surface area contributed by atoms with Crippen LogP contribution in [0, 0.1) is 5.92 Å². The minimum absolute atomic E-state index is 0.0210. The van der Waals surface area contributed by atoms with Gasteiger partial charge in [-0.05, 0) is 25.7 Å². The maximum Gasteiger partial charge on any atom is 0.226 e. The molecule has 2 aliphatic rings. The molecular weight excluding hydrogens is 288 g/mol. The number of nitrogen functional groups attached to an aromatic ring is 1. The zero-order chi connectivity index (χ0) is 14.8. The minimum atomic E-state index is -0.0210. The first-order valence-electron chi connectivity index (χ1n) is 7.40. The van der Waals surface area contributed by atoms with Crippen LogP contribution < -0.4 is 11.1 Å². The second-order valence-electron chi connectivity index (χ2n) is 5.80. The molecule has 21 heavy (non-hydrogen) atoms. The van der Waals surface area contributed by atoms with Crippen LogP contribution >= 0.6 is 11.3 Å². The van der Waals surface area contributed by atoms with E-state index in [1.54, 1.807) is 0 Å². The van der Waals surface area contributed by atoms with Crippen LogP contribution in [0.3, 0.4) is 0 Å². The highest BCUT2D eigenvalue weighted by Gasteiger charge is 2.35. The van der Waals surface area contributed by atoms with Crippen LogP contribution in [0.25, 0.3) is 0 Å². The average molecular weight is 308 g/mol. The molecule has 0 atom stereocenters. The van der Waals surface area contributed by atoms with E-state index in [2.05, 4.69) is 10.3 Å². The molecule has 2 fully saturated rings. The quantitative estimate of drug-likeness (QED) is 0.860. The Morgan fingerprint density at radius 2 is 2.05 bits per heavy atom. The van der Waals surface area contributed by atoms with E-state index in [0.29, 0.717) is 11.0 Å². The van der Waals surface area contributed by atoms with E-state index in [1.165, 1.54) is 11.3 Å². The van der Waals surface area contributed by atoms with Crippen molar-refractivity contribution >= 4 is 28.3 Å². The van der Waals surface area contributed by atoms with E-state index in [0.717, 1.165) is 44.5 Å². The van der Waals surface area contributed by atoms with Gasteiger partial charge < -0.3 is 16.0 Å². The van der Waals surface area contributed by atoms with Crippen LogP contribution in [0.4, 0.5) is 5.13 Å². The smallest absolute Gasteiger partial charge is 0.226 e. The topological polar surface area (TPSA) is 88.3 Å². The van der Waals surface area contributed by atoms with Gasteiger partial charge in [0.2, 0.25) is 11.8 Å². The molecule has 3 N–H and O–H groups in total. The number of nitrogens with two attached hydrogens (primary N) is 1. The van der Waals surface area contributed by atoms with Gasteiger partial charge in [0.05, 0.1) is 12.1 Å². The predicted molar refractivity (Wildman–Crippen MR) is 80.7 cm³/mol. The zero-order valence-electron chi connectivity index (χ0n) is 11.9. The van der Waals surface area contributed by atoms with Gasteiger partial charge in [-0.25, -0.2) is 4.98 Å². The summed E-state index contributed by atoms with van der Waals surface area (Å²) in [6.45, 7) is 1.51. The Morgan fingerprint density at radius 3 is 2.62 bits per heavy atom. The monoisotopic (exact) mass is 308 g/mol. The molecule has 3 rings (SSSR count). The van der Waals surface area contributed by atoms with E-state index >= 15 is 0 Å². The van der Waals surface area contributed by atoms with Crippen molar-refractivity contribution in [2.24, 2.45) is 5.92 Å². The maximum absolute atomic E-state index is 12.0. The SMILES string of the molecule is Nc1nc(CC(=O)NC2CCN(C(=O)C3CC3)CC2)cs1. The summed E-state index contributed by atoms with van der Waals surface area (Å²) >= 11 is 1.35. The summed E-state index contributed by atoms with van der Waals surface area (Å²) in [6, 6.07) is 0.164. The Hall–Kier alpha value is -1.63. The van der Waals surface area contributed by atoms with Crippen molar-refractivity contribution < 1.29 is 9.59 Å².